The fourth-order valence-corrected chi connectivity index (χ4v) is 1.96. The normalized spacial score (nSPS) is 11.6. The number of nitro benzene ring substituents is 1. The highest BCUT2D eigenvalue weighted by atomic mass is 16.6. The molecule has 0 aliphatic carbocycles. The summed E-state index contributed by atoms with van der Waals surface area (Å²) in [5, 5.41) is 11.7. The zero-order valence-electron chi connectivity index (χ0n) is 11.7. The first-order valence-electron chi connectivity index (χ1n) is 6.35. The third kappa shape index (κ3) is 2.66. The fraction of sp³-hybridized carbons (Fsp3) is 0.333. The maximum atomic E-state index is 12.1. The predicted octanol–water partition coefficient (Wildman–Crippen LogP) is 3.30. The van der Waals surface area contributed by atoms with Crippen molar-refractivity contribution < 1.29 is 9.72 Å². The number of nitrogens with zero attached hydrogens (tertiary/aromatic N) is 2. The standard InChI is InChI=1S/C15H16N2O3/c1-15(2,3)13(18)9-10-7-8-16-14-11(10)5-4-6-12(14)17(19)20/h4-8H,9H2,1-3H3. The molecule has 5 heteroatoms. The van der Waals surface area contributed by atoms with E-state index >= 15 is 0 Å². The van der Waals surface area contributed by atoms with E-state index in [-0.39, 0.29) is 17.9 Å². The van der Waals surface area contributed by atoms with Crippen molar-refractivity contribution in [2.75, 3.05) is 0 Å². The molecule has 0 saturated heterocycles. The predicted molar refractivity (Wildman–Crippen MR) is 76.6 cm³/mol. The van der Waals surface area contributed by atoms with Crippen LogP contribution in [0.4, 0.5) is 5.69 Å². The van der Waals surface area contributed by atoms with Crippen molar-refractivity contribution in [3.8, 4) is 0 Å². The van der Waals surface area contributed by atoms with Gasteiger partial charge in [0.1, 0.15) is 11.3 Å². The summed E-state index contributed by atoms with van der Waals surface area (Å²) in [4.78, 5) is 26.8. The van der Waals surface area contributed by atoms with E-state index in [1.807, 2.05) is 20.8 Å². The number of carbonyl (C=O) groups excluding carboxylic acids is 1. The number of hydrogen-bond acceptors (Lipinski definition) is 4. The van der Waals surface area contributed by atoms with Crippen molar-refractivity contribution in [2.24, 2.45) is 5.41 Å². The Morgan fingerprint density at radius 3 is 2.60 bits per heavy atom. The fourth-order valence-electron chi connectivity index (χ4n) is 1.96. The van der Waals surface area contributed by atoms with Gasteiger partial charge in [-0.3, -0.25) is 14.9 Å². The van der Waals surface area contributed by atoms with Crippen LogP contribution in [0, 0.1) is 15.5 Å². The first-order valence-corrected chi connectivity index (χ1v) is 6.35. The molecule has 0 amide bonds. The lowest BCUT2D eigenvalue weighted by Gasteiger charge is -2.17. The van der Waals surface area contributed by atoms with Crippen LogP contribution in [-0.4, -0.2) is 15.7 Å². The number of fused-ring (bicyclic) bond motifs is 1. The Morgan fingerprint density at radius 1 is 1.30 bits per heavy atom. The highest BCUT2D eigenvalue weighted by Gasteiger charge is 2.23. The SMILES string of the molecule is CC(C)(C)C(=O)Cc1ccnc2c([N+](=O)[O-])cccc12. The van der Waals surface area contributed by atoms with Gasteiger partial charge in [0, 0.05) is 29.5 Å². The smallest absolute Gasteiger partial charge is 0.295 e. The van der Waals surface area contributed by atoms with Crippen LogP contribution in [0.15, 0.2) is 30.5 Å². The largest absolute Gasteiger partial charge is 0.299 e. The summed E-state index contributed by atoms with van der Waals surface area (Å²) in [5.74, 6) is 0.0940. The van der Waals surface area contributed by atoms with E-state index < -0.39 is 10.3 Å². The Morgan fingerprint density at radius 2 is 2.00 bits per heavy atom. The van der Waals surface area contributed by atoms with E-state index in [4.69, 9.17) is 0 Å². The molecule has 0 bridgehead atoms. The van der Waals surface area contributed by atoms with Crippen LogP contribution in [0.2, 0.25) is 0 Å². The molecule has 0 atom stereocenters. The first kappa shape index (κ1) is 14.1. The summed E-state index contributed by atoms with van der Waals surface area (Å²) in [7, 11) is 0. The number of Topliss-reactive ketones (excluding diaryl/α,β-unsaturated/α-hetero) is 1. The highest BCUT2D eigenvalue weighted by Crippen LogP contribution is 2.27. The van der Waals surface area contributed by atoms with E-state index in [0.717, 1.165) is 5.56 Å². The monoisotopic (exact) mass is 272 g/mol. The van der Waals surface area contributed by atoms with Gasteiger partial charge in [-0.1, -0.05) is 32.9 Å². The van der Waals surface area contributed by atoms with Gasteiger partial charge in [0.2, 0.25) is 0 Å². The average molecular weight is 272 g/mol. The molecule has 1 aromatic carbocycles. The quantitative estimate of drug-likeness (QED) is 0.634. The van der Waals surface area contributed by atoms with Crippen molar-refractivity contribution >= 4 is 22.4 Å². The second-order valence-corrected chi connectivity index (χ2v) is 5.75. The van der Waals surface area contributed by atoms with Gasteiger partial charge >= 0.3 is 0 Å². The summed E-state index contributed by atoms with van der Waals surface area (Å²) in [6.45, 7) is 5.59. The topological polar surface area (TPSA) is 73.1 Å². The van der Waals surface area contributed by atoms with Crippen molar-refractivity contribution in [1.82, 2.24) is 4.98 Å². The second-order valence-electron chi connectivity index (χ2n) is 5.75. The lowest BCUT2D eigenvalue weighted by molar-refractivity contribution is -0.383. The number of benzene rings is 1. The van der Waals surface area contributed by atoms with E-state index in [2.05, 4.69) is 4.98 Å². The summed E-state index contributed by atoms with van der Waals surface area (Å²) >= 11 is 0. The maximum absolute atomic E-state index is 12.1. The molecule has 0 fully saturated rings. The van der Waals surface area contributed by atoms with Crippen LogP contribution in [0.25, 0.3) is 10.9 Å². The Labute approximate surface area is 116 Å². The van der Waals surface area contributed by atoms with Gasteiger partial charge in [0.05, 0.1) is 4.92 Å². The molecule has 0 aliphatic heterocycles. The van der Waals surface area contributed by atoms with Crippen molar-refractivity contribution in [1.29, 1.82) is 0 Å². The van der Waals surface area contributed by atoms with Crippen LogP contribution in [0.5, 0.6) is 0 Å². The van der Waals surface area contributed by atoms with Crippen LogP contribution >= 0.6 is 0 Å². The van der Waals surface area contributed by atoms with Crippen LogP contribution in [0.1, 0.15) is 26.3 Å². The molecule has 0 aliphatic rings. The van der Waals surface area contributed by atoms with Gasteiger partial charge in [-0.2, -0.15) is 0 Å². The number of aromatic nitrogens is 1. The summed E-state index contributed by atoms with van der Waals surface area (Å²) in [6, 6.07) is 6.55. The number of hydrogen-bond donors (Lipinski definition) is 0. The van der Waals surface area contributed by atoms with Crippen molar-refractivity contribution in [3.63, 3.8) is 0 Å². The van der Waals surface area contributed by atoms with Crippen LogP contribution in [-0.2, 0) is 11.2 Å². The Hall–Kier alpha value is -2.30. The maximum Gasteiger partial charge on any atom is 0.295 e. The van der Waals surface area contributed by atoms with Crippen molar-refractivity contribution in [2.45, 2.75) is 27.2 Å². The zero-order valence-corrected chi connectivity index (χ0v) is 11.7. The molecule has 0 saturated carbocycles. The molecular weight excluding hydrogens is 256 g/mol. The molecule has 1 heterocycles. The van der Waals surface area contributed by atoms with Crippen molar-refractivity contribution in [3.05, 3.63) is 46.1 Å². The minimum atomic E-state index is -0.454. The zero-order chi connectivity index (χ0) is 14.9. The molecule has 0 radical (unpaired) electrons. The number of pyridine rings is 1. The summed E-state index contributed by atoms with van der Waals surface area (Å²) in [5.41, 5.74) is 0.638. The molecule has 2 rings (SSSR count). The van der Waals surface area contributed by atoms with Gasteiger partial charge in [-0.05, 0) is 11.6 Å². The molecule has 1 aromatic heterocycles. The van der Waals surface area contributed by atoms with E-state index in [1.165, 1.54) is 12.3 Å². The van der Waals surface area contributed by atoms with E-state index in [0.29, 0.717) is 10.9 Å². The number of non-ortho nitro benzene ring substituents is 1. The average Bonchev–Trinajstić information content (AvgIpc) is 2.37. The molecule has 0 unspecified atom stereocenters. The lowest BCUT2D eigenvalue weighted by Crippen LogP contribution is -2.22. The summed E-state index contributed by atoms with van der Waals surface area (Å²) in [6.07, 6.45) is 1.77. The Bertz CT molecular complexity index is 687. The van der Waals surface area contributed by atoms with Gasteiger partial charge < -0.3 is 0 Å². The minimum Gasteiger partial charge on any atom is -0.299 e. The third-order valence-corrected chi connectivity index (χ3v) is 3.22. The number of para-hydroxylation sites is 1. The minimum absolute atomic E-state index is 0.0347. The Balaban J connectivity index is 2.54. The molecule has 2 aromatic rings. The lowest BCUT2D eigenvalue weighted by atomic mass is 9.86. The Kier molecular flexibility index (Phi) is 3.53. The molecule has 5 nitrogen and oxygen atoms in total. The van der Waals surface area contributed by atoms with Crippen LogP contribution in [0.3, 0.4) is 0 Å². The van der Waals surface area contributed by atoms with E-state index in [1.54, 1.807) is 18.2 Å². The number of rotatable bonds is 3. The highest BCUT2D eigenvalue weighted by molar-refractivity contribution is 5.94. The second kappa shape index (κ2) is 5.00. The first-order chi connectivity index (χ1) is 9.30. The van der Waals surface area contributed by atoms with E-state index in [9.17, 15) is 14.9 Å². The third-order valence-electron chi connectivity index (χ3n) is 3.22. The van der Waals surface area contributed by atoms with Gasteiger partial charge in [0.15, 0.2) is 0 Å². The molecule has 104 valence electrons. The molecular formula is C15H16N2O3. The van der Waals surface area contributed by atoms with Gasteiger partial charge in [-0.15, -0.1) is 0 Å². The number of nitro groups is 1. The number of ketones is 1. The molecule has 0 N–H and O–H groups in total. The van der Waals surface area contributed by atoms with Crippen LogP contribution < -0.4 is 0 Å². The van der Waals surface area contributed by atoms with Gasteiger partial charge in [0.25, 0.3) is 5.69 Å². The molecule has 0 spiro atoms. The number of carbonyl (C=O) groups is 1. The molecule has 20 heavy (non-hydrogen) atoms. The van der Waals surface area contributed by atoms with Gasteiger partial charge in [-0.25, -0.2) is 4.98 Å². The summed E-state index contributed by atoms with van der Waals surface area (Å²) < 4.78 is 0.